The van der Waals surface area contributed by atoms with Crippen molar-refractivity contribution in [3.05, 3.63) is 59.7 Å². The molecule has 0 radical (unpaired) electrons. The first-order valence-electron chi connectivity index (χ1n) is 8.84. The molecule has 0 saturated heterocycles. The van der Waals surface area contributed by atoms with Crippen molar-refractivity contribution in [2.24, 2.45) is 16.1 Å². The van der Waals surface area contributed by atoms with E-state index in [-0.39, 0.29) is 11.5 Å². The van der Waals surface area contributed by atoms with E-state index in [0.29, 0.717) is 5.96 Å². The molecule has 0 aliphatic heterocycles. The summed E-state index contributed by atoms with van der Waals surface area (Å²) in [7, 11) is 0. The van der Waals surface area contributed by atoms with Gasteiger partial charge < -0.3 is 15.8 Å². The standard InChI is InChI=1S/C21H27N3O/c1-15(2)25-19-10-8-18(9-11-19)24-20(22)23-14-21(3)12-16-6-4-5-7-17(16)13-21/h4-11,15H,12-14H2,1-3H3,(H3,22,23,24). The molecule has 0 aromatic heterocycles. The van der Waals surface area contributed by atoms with Crippen LogP contribution in [0.3, 0.4) is 0 Å². The van der Waals surface area contributed by atoms with Crippen LogP contribution in [0.15, 0.2) is 53.5 Å². The Kier molecular flexibility index (Phi) is 4.98. The summed E-state index contributed by atoms with van der Waals surface area (Å²) in [4.78, 5) is 4.58. The van der Waals surface area contributed by atoms with Crippen molar-refractivity contribution in [2.45, 2.75) is 39.7 Å². The Labute approximate surface area is 150 Å². The minimum Gasteiger partial charge on any atom is -0.491 e. The van der Waals surface area contributed by atoms with Gasteiger partial charge in [0.05, 0.1) is 6.10 Å². The molecule has 2 aromatic carbocycles. The van der Waals surface area contributed by atoms with Gasteiger partial charge in [-0.3, -0.25) is 4.99 Å². The number of nitrogens with one attached hydrogen (secondary N) is 1. The third-order valence-corrected chi connectivity index (χ3v) is 4.48. The van der Waals surface area contributed by atoms with Crippen molar-refractivity contribution in [3.8, 4) is 5.75 Å². The Hall–Kier alpha value is -2.49. The summed E-state index contributed by atoms with van der Waals surface area (Å²) in [6, 6.07) is 16.4. The highest BCUT2D eigenvalue weighted by molar-refractivity contribution is 5.92. The smallest absolute Gasteiger partial charge is 0.193 e. The molecule has 0 bridgehead atoms. The SMILES string of the molecule is CC(C)Oc1ccc(NC(N)=NCC2(C)Cc3ccccc3C2)cc1. The van der Waals surface area contributed by atoms with E-state index >= 15 is 0 Å². The molecule has 0 fully saturated rings. The van der Waals surface area contributed by atoms with Crippen molar-refractivity contribution < 1.29 is 4.74 Å². The number of guanidine groups is 1. The third-order valence-electron chi connectivity index (χ3n) is 4.48. The Bertz CT molecular complexity index is 725. The van der Waals surface area contributed by atoms with Crippen LogP contribution >= 0.6 is 0 Å². The molecule has 0 amide bonds. The summed E-state index contributed by atoms with van der Waals surface area (Å²) >= 11 is 0. The first-order chi connectivity index (χ1) is 11.9. The molecule has 3 rings (SSSR count). The number of nitrogens with zero attached hydrogens (tertiary/aromatic N) is 1. The van der Waals surface area contributed by atoms with Crippen LogP contribution in [0, 0.1) is 5.41 Å². The van der Waals surface area contributed by atoms with Crippen molar-refractivity contribution in [2.75, 3.05) is 11.9 Å². The molecule has 0 unspecified atom stereocenters. The van der Waals surface area contributed by atoms with E-state index in [0.717, 1.165) is 30.8 Å². The van der Waals surface area contributed by atoms with Gasteiger partial charge in [-0.2, -0.15) is 0 Å². The predicted molar refractivity (Wildman–Crippen MR) is 104 cm³/mol. The summed E-state index contributed by atoms with van der Waals surface area (Å²) in [5, 5.41) is 3.16. The Morgan fingerprint density at radius 1 is 1.12 bits per heavy atom. The van der Waals surface area contributed by atoms with Gasteiger partial charge in [-0.1, -0.05) is 31.2 Å². The zero-order valence-corrected chi connectivity index (χ0v) is 15.3. The van der Waals surface area contributed by atoms with Gasteiger partial charge in [0.2, 0.25) is 0 Å². The number of benzene rings is 2. The molecule has 2 aromatic rings. The Balaban J connectivity index is 1.57. The van der Waals surface area contributed by atoms with Crippen LogP contribution in [-0.2, 0) is 12.8 Å². The van der Waals surface area contributed by atoms with Gasteiger partial charge in [0.25, 0.3) is 0 Å². The monoisotopic (exact) mass is 337 g/mol. The number of fused-ring (bicyclic) bond motifs is 1. The number of rotatable bonds is 5. The zero-order valence-electron chi connectivity index (χ0n) is 15.3. The predicted octanol–water partition coefficient (Wildman–Crippen LogP) is 4.01. The lowest BCUT2D eigenvalue weighted by molar-refractivity contribution is 0.242. The topological polar surface area (TPSA) is 59.6 Å². The maximum Gasteiger partial charge on any atom is 0.193 e. The van der Waals surface area contributed by atoms with E-state index in [2.05, 4.69) is 41.5 Å². The van der Waals surface area contributed by atoms with E-state index in [1.165, 1.54) is 11.1 Å². The number of ether oxygens (including phenoxy) is 1. The second-order valence-electron chi connectivity index (χ2n) is 7.45. The van der Waals surface area contributed by atoms with Gasteiger partial charge in [0, 0.05) is 12.2 Å². The highest BCUT2D eigenvalue weighted by atomic mass is 16.5. The van der Waals surface area contributed by atoms with Crippen LogP contribution in [0.1, 0.15) is 31.9 Å². The molecule has 4 heteroatoms. The second-order valence-corrected chi connectivity index (χ2v) is 7.45. The van der Waals surface area contributed by atoms with Gasteiger partial charge >= 0.3 is 0 Å². The van der Waals surface area contributed by atoms with Gasteiger partial charge in [0.15, 0.2) is 5.96 Å². The lowest BCUT2D eigenvalue weighted by atomic mass is 9.87. The maximum absolute atomic E-state index is 6.07. The van der Waals surface area contributed by atoms with Crippen LogP contribution < -0.4 is 15.8 Å². The number of nitrogens with two attached hydrogens (primary N) is 1. The Morgan fingerprint density at radius 2 is 1.72 bits per heavy atom. The normalized spacial score (nSPS) is 15.9. The van der Waals surface area contributed by atoms with Crippen LogP contribution in [0.4, 0.5) is 5.69 Å². The highest BCUT2D eigenvalue weighted by Crippen LogP contribution is 2.36. The molecule has 25 heavy (non-hydrogen) atoms. The molecule has 4 nitrogen and oxygen atoms in total. The Morgan fingerprint density at radius 3 is 2.28 bits per heavy atom. The molecular formula is C21H27N3O. The van der Waals surface area contributed by atoms with Gasteiger partial charge in [0.1, 0.15) is 5.75 Å². The molecule has 0 saturated carbocycles. The molecule has 132 valence electrons. The first-order valence-corrected chi connectivity index (χ1v) is 8.84. The minimum atomic E-state index is 0.144. The van der Waals surface area contributed by atoms with Crippen molar-refractivity contribution in [1.82, 2.24) is 0 Å². The molecular weight excluding hydrogens is 310 g/mol. The van der Waals surface area contributed by atoms with Gasteiger partial charge in [-0.25, -0.2) is 0 Å². The van der Waals surface area contributed by atoms with E-state index in [1.54, 1.807) is 0 Å². The summed E-state index contributed by atoms with van der Waals surface area (Å²) in [6.45, 7) is 7.02. The number of hydrogen-bond donors (Lipinski definition) is 2. The fraction of sp³-hybridized carbons (Fsp3) is 0.381. The maximum atomic E-state index is 6.07. The largest absolute Gasteiger partial charge is 0.491 e. The lowest BCUT2D eigenvalue weighted by Gasteiger charge is -2.21. The molecule has 0 heterocycles. The minimum absolute atomic E-state index is 0.144. The second kappa shape index (κ2) is 7.18. The summed E-state index contributed by atoms with van der Waals surface area (Å²) < 4.78 is 5.64. The van der Waals surface area contributed by atoms with Crippen LogP contribution in [0.5, 0.6) is 5.75 Å². The van der Waals surface area contributed by atoms with Crippen molar-refractivity contribution in [3.63, 3.8) is 0 Å². The number of hydrogen-bond acceptors (Lipinski definition) is 2. The van der Waals surface area contributed by atoms with Crippen molar-refractivity contribution in [1.29, 1.82) is 0 Å². The number of aliphatic imine (C=N–C) groups is 1. The van der Waals surface area contributed by atoms with Gasteiger partial charge in [-0.15, -0.1) is 0 Å². The molecule has 3 N–H and O–H groups in total. The highest BCUT2D eigenvalue weighted by Gasteiger charge is 2.32. The zero-order chi connectivity index (χ0) is 17.9. The van der Waals surface area contributed by atoms with E-state index in [9.17, 15) is 0 Å². The molecule has 0 spiro atoms. The van der Waals surface area contributed by atoms with Crippen LogP contribution in [0.2, 0.25) is 0 Å². The third kappa shape index (κ3) is 4.53. The number of anilines is 1. The van der Waals surface area contributed by atoms with Crippen LogP contribution in [0.25, 0.3) is 0 Å². The molecule has 0 atom stereocenters. The lowest BCUT2D eigenvalue weighted by Crippen LogP contribution is -2.27. The average Bonchev–Trinajstić information content (AvgIpc) is 2.91. The van der Waals surface area contributed by atoms with E-state index < -0.39 is 0 Å². The van der Waals surface area contributed by atoms with Crippen molar-refractivity contribution >= 4 is 11.6 Å². The first kappa shape index (κ1) is 17.3. The van der Waals surface area contributed by atoms with Crippen LogP contribution in [-0.4, -0.2) is 18.6 Å². The summed E-state index contributed by atoms with van der Waals surface area (Å²) in [5.74, 6) is 1.31. The molecule has 1 aliphatic carbocycles. The quantitative estimate of drug-likeness (QED) is 0.640. The van der Waals surface area contributed by atoms with E-state index in [4.69, 9.17) is 10.5 Å². The molecule has 1 aliphatic rings. The summed E-state index contributed by atoms with van der Waals surface area (Å²) in [6.07, 6.45) is 2.28. The van der Waals surface area contributed by atoms with Gasteiger partial charge in [-0.05, 0) is 67.5 Å². The fourth-order valence-corrected chi connectivity index (χ4v) is 3.35. The average molecular weight is 337 g/mol. The van der Waals surface area contributed by atoms with E-state index in [1.807, 2.05) is 38.1 Å². The fourth-order valence-electron chi connectivity index (χ4n) is 3.35. The summed E-state index contributed by atoms with van der Waals surface area (Å²) in [5.41, 5.74) is 10.0.